The number of H-pyrrole nitrogens is 1. The van der Waals surface area contributed by atoms with Crippen LogP contribution in [0.25, 0.3) is 0 Å². The van der Waals surface area contributed by atoms with Crippen molar-refractivity contribution < 1.29 is 9.59 Å². The van der Waals surface area contributed by atoms with Crippen molar-refractivity contribution >= 4 is 40.5 Å². The molecule has 1 aromatic rings. The van der Waals surface area contributed by atoms with Crippen LogP contribution >= 0.6 is 23.6 Å². The lowest BCUT2D eigenvalue weighted by molar-refractivity contribution is -0.124. The molecule has 1 rings (SSSR count). The van der Waals surface area contributed by atoms with Crippen LogP contribution in [0.1, 0.15) is 13.8 Å². The smallest absolute Gasteiger partial charge is 0.232 e. The van der Waals surface area contributed by atoms with E-state index in [1.54, 1.807) is 0 Å². The van der Waals surface area contributed by atoms with Gasteiger partial charge < -0.3 is 0 Å². The minimum absolute atomic E-state index is 0.282. The molecule has 0 fully saturated rings. The van der Waals surface area contributed by atoms with Gasteiger partial charge in [0.1, 0.15) is 0 Å². The standard InChI is InChI=1S/C6H7N3O2S2/c1-3(10)9(4(2)11)5-7-8-6(12)13-5/h1-2H3,(H,8,12). The number of nitrogens with zero attached hydrogens (tertiary/aromatic N) is 2. The molecule has 0 aliphatic heterocycles. The minimum Gasteiger partial charge on any atom is -0.274 e. The molecule has 13 heavy (non-hydrogen) atoms. The lowest BCUT2D eigenvalue weighted by Crippen LogP contribution is -2.32. The molecule has 2 amide bonds. The fourth-order valence-electron chi connectivity index (χ4n) is 0.809. The molecule has 0 saturated carbocycles. The first-order valence-electron chi connectivity index (χ1n) is 3.39. The van der Waals surface area contributed by atoms with E-state index in [-0.39, 0.29) is 16.9 Å². The van der Waals surface area contributed by atoms with Crippen molar-refractivity contribution in [3.63, 3.8) is 0 Å². The highest BCUT2D eigenvalue weighted by atomic mass is 32.1. The predicted molar refractivity (Wildman–Crippen MR) is 51.1 cm³/mol. The number of imide groups is 1. The second-order valence-corrected chi connectivity index (χ2v) is 3.91. The third kappa shape index (κ3) is 2.19. The summed E-state index contributed by atoms with van der Waals surface area (Å²) in [6.07, 6.45) is 0. The molecule has 0 spiro atoms. The quantitative estimate of drug-likeness (QED) is 0.715. The van der Waals surface area contributed by atoms with E-state index >= 15 is 0 Å². The number of aromatic nitrogens is 2. The van der Waals surface area contributed by atoms with Crippen molar-refractivity contribution in [2.24, 2.45) is 0 Å². The topological polar surface area (TPSA) is 66.1 Å². The van der Waals surface area contributed by atoms with E-state index in [1.807, 2.05) is 0 Å². The van der Waals surface area contributed by atoms with Gasteiger partial charge in [0.25, 0.3) is 0 Å². The molecule has 0 aliphatic carbocycles. The lowest BCUT2D eigenvalue weighted by Gasteiger charge is -2.11. The zero-order chi connectivity index (χ0) is 10.0. The van der Waals surface area contributed by atoms with Crippen LogP contribution < -0.4 is 4.90 Å². The Labute approximate surface area is 83.4 Å². The molecule has 1 heterocycles. The number of aromatic amines is 1. The van der Waals surface area contributed by atoms with Crippen LogP contribution in [-0.4, -0.2) is 22.0 Å². The SMILES string of the molecule is CC(=O)N(C(C)=O)c1n[nH]c(=S)s1. The number of amides is 2. The molecule has 0 unspecified atom stereocenters. The van der Waals surface area contributed by atoms with Crippen LogP contribution in [0.5, 0.6) is 0 Å². The number of nitrogens with one attached hydrogen (secondary N) is 1. The van der Waals surface area contributed by atoms with Crippen molar-refractivity contribution in [1.82, 2.24) is 10.2 Å². The van der Waals surface area contributed by atoms with Crippen molar-refractivity contribution in [3.05, 3.63) is 3.95 Å². The van der Waals surface area contributed by atoms with Gasteiger partial charge >= 0.3 is 0 Å². The minimum atomic E-state index is -0.370. The molecular weight excluding hydrogens is 210 g/mol. The average Bonchev–Trinajstić information content (AvgIpc) is 2.34. The summed E-state index contributed by atoms with van der Waals surface area (Å²) in [4.78, 5) is 23.0. The fraction of sp³-hybridized carbons (Fsp3) is 0.333. The maximum absolute atomic E-state index is 11.0. The van der Waals surface area contributed by atoms with Gasteiger partial charge in [-0.1, -0.05) is 11.3 Å². The van der Waals surface area contributed by atoms with E-state index in [9.17, 15) is 9.59 Å². The van der Waals surface area contributed by atoms with Crippen molar-refractivity contribution in [2.45, 2.75) is 13.8 Å². The van der Waals surface area contributed by atoms with Gasteiger partial charge in [-0.25, -0.2) is 4.90 Å². The van der Waals surface area contributed by atoms with Crippen LogP contribution in [0, 0.1) is 3.95 Å². The molecule has 0 aliphatic rings. The molecule has 1 N–H and O–H groups in total. The maximum atomic E-state index is 11.0. The zero-order valence-corrected chi connectivity index (χ0v) is 8.66. The van der Waals surface area contributed by atoms with Crippen molar-refractivity contribution in [2.75, 3.05) is 4.90 Å². The Kier molecular flexibility index (Phi) is 2.89. The van der Waals surface area contributed by atoms with Crippen LogP contribution in [0.3, 0.4) is 0 Å². The summed E-state index contributed by atoms with van der Waals surface area (Å²) in [6, 6.07) is 0. The van der Waals surface area contributed by atoms with Gasteiger partial charge in [-0.15, -0.1) is 5.10 Å². The largest absolute Gasteiger partial charge is 0.274 e. The highest BCUT2D eigenvalue weighted by molar-refractivity contribution is 7.73. The summed E-state index contributed by atoms with van der Waals surface area (Å²) in [5.74, 6) is -0.740. The van der Waals surface area contributed by atoms with Crippen LogP contribution in [0.2, 0.25) is 0 Å². The van der Waals surface area contributed by atoms with E-state index in [1.165, 1.54) is 13.8 Å². The maximum Gasteiger partial charge on any atom is 0.232 e. The second kappa shape index (κ2) is 3.75. The summed E-state index contributed by atoms with van der Waals surface area (Å²) < 4.78 is 0.433. The predicted octanol–water partition coefficient (Wildman–Crippen LogP) is 1.10. The highest BCUT2D eigenvalue weighted by Crippen LogP contribution is 2.17. The number of carbonyl (C=O) groups excluding carboxylic acids is 2. The molecule has 5 nitrogen and oxygen atoms in total. The monoisotopic (exact) mass is 217 g/mol. The number of anilines is 1. The second-order valence-electron chi connectivity index (χ2n) is 2.27. The number of hydrogen-bond donors (Lipinski definition) is 1. The molecule has 0 atom stereocenters. The summed E-state index contributed by atoms with van der Waals surface area (Å²) in [5.41, 5.74) is 0. The van der Waals surface area contributed by atoms with Gasteiger partial charge in [-0.3, -0.25) is 14.7 Å². The molecule has 0 saturated heterocycles. The molecule has 70 valence electrons. The van der Waals surface area contributed by atoms with Crippen LogP contribution in [-0.2, 0) is 9.59 Å². The number of carbonyl (C=O) groups is 2. The lowest BCUT2D eigenvalue weighted by atomic mass is 10.5. The Morgan fingerprint density at radius 1 is 1.46 bits per heavy atom. The van der Waals surface area contributed by atoms with E-state index in [0.29, 0.717) is 3.95 Å². The van der Waals surface area contributed by atoms with Crippen molar-refractivity contribution in [1.29, 1.82) is 0 Å². The van der Waals surface area contributed by atoms with E-state index in [2.05, 4.69) is 10.2 Å². The summed E-state index contributed by atoms with van der Waals surface area (Å²) in [5, 5.41) is 6.51. The van der Waals surface area contributed by atoms with Gasteiger partial charge in [0.2, 0.25) is 16.9 Å². The molecule has 7 heteroatoms. The Morgan fingerprint density at radius 2 is 2.00 bits per heavy atom. The fourth-order valence-corrected chi connectivity index (χ4v) is 1.77. The first kappa shape index (κ1) is 10.0. The van der Waals surface area contributed by atoms with E-state index < -0.39 is 0 Å². The first-order valence-corrected chi connectivity index (χ1v) is 4.61. The zero-order valence-electron chi connectivity index (χ0n) is 7.03. The molecule has 0 bridgehead atoms. The summed E-state index contributed by atoms with van der Waals surface area (Å²) in [7, 11) is 0. The van der Waals surface area contributed by atoms with Gasteiger partial charge in [0, 0.05) is 13.8 Å². The molecular formula is C6H7N3O2S2. The first-order chi connectivity index (χ1) is 6.02. The number of hydrogen-bond acceptors (Lipinski definition) is 5. The third-order valence-electron chi connectivity index (χ3n) is 1.25. The number of rotatable bonds is 1. The molecule has 0 radical (unpaired) electrons. The van der Waals surface area contributed by atoms with E-state index in [0.717, 1.165) is 16.2 Å². The van der Waals surface area contributed by atoms with E-state index in [4.69, 9.17) is 12.2 Å². The van der Waals surface area contributed by atoms with Gasteiger partial charge in [0.15, 0.2) is 3.95 Å². The molecule has 1 aromatic heterocycles. The van der Waals surface area contributed by atoms with Gasteiger partial charge in [0.05, 0.1) is 0 Å². The Morgan fingerprint density at radius 3 is 2.31 bits per heavy atom. The average molecular weight is 217 g/mol. The highest BCUT2D eigenvalue weighted by Gasteiger charge is 2.18. The summed E-state index contributed by atoms with van der Waals surface area (Å²) >= 11 is 5.86. The third-order valence-corrected chi connectivity index (χ3v) is 2.32. The molecule has 0 aromatic carbocycles. The Balaban J connectivity index is 3.09. The van der Waals surface area contributed by atoms with Crippen LogP contribution in [0.4, 0.5) is 5.13 Å². The van der Waals surface area contributed by atoms with Gasteiger partial charge in [-0.05, 0) is 12.2 Å². The Bertz CT molecular complexity index is 381. The summed E-state index contributed by atoms with van der Waals surface area (Å²) in [6.45, 7) is 2.59. The Hall–Kier alpha value is -1.08. The normalized spacial score (nSPS) is 9.69. The van der Waals surface area contributed by atoms with Crippen LogP contribution in [0.15, 0.2) is 0 Å². The van der Waals surface area contributed by atoms with Crippen molar-refractivity contribution in [3.8, 4) is 0 Å². The van der Waals surface area contributed by atoms with Gasteiger partial charge in [-0.2, -0.15) is 0 Å².